The highest BCUT2D eigenvalue weighted by molar-refractivity contribution is 4.37. The van der Waals surface area contributed by atoms with Crippen LogP contribution in [0.4, 0.5) is 0 Å². The van der Waals surface area contributed by atoms with Gasteiger partial charge in [-0.25, -0.2) is 0 Å². The Kier molecular flexibility index (Phi) is 19.5. The van der Waals surface area contributed by atoms with E-state index in [9.17, 15) is 0 Å². The summed E-state index contributed by atoms with van der Waals surface area (Å²) < 4.78 is 36.1. The average molecular weight is 310 g/mol. The predicted molar refractivity (Wildman–Crippen MR) is 77.6 cm³/mol. The summed E-state index contributed by atoms with van der Waals surface area (Å²) in [6, 6.07) is 0. The lowest BCUT2D eigenvalue weighted by Crippen LogP contribution is -2.13. The van der Waals surface area contributed by atoms with E-state index in [0.29, 0.717) is 72.9 Å². The van der Waals surface area contributed by atoms with Crippen molar-refractivity contribution in [3.63, 3.8) is 0 Å². The molecule has 0 heterocycles. The SMILES string of the molecule is COCCOCCOCCOCCOCCCOCOC. The lowest BCUT2D eigenvalue weighted by molar-refractivity contribution is -0.0399. The van der Waals surface area contributed by atoms with Crippen molar-refractivity contribution in [2.24, 2.45) is 0 Å². The van der Waals surface area contributed by atoms with Crippen LogP contribution in [0.3, 0.4) is 0 Å². The molecule has 0 radical (unpaired) electrons. The fraction of sp³-hybridized carbons (Fsp3) is 1.00. The molecule has 0 unspecified atom stereocenters. The molecule has 0 atom stereocenters. The van der Waals surface area contributed by atoms with Crippen molar-refractivity contribution >= 4 is 0 Å². The third kappa shape index (κ3) is 19.7. The third-order valence-corrected chi connectivity index (χ3v) is 2.33. The Labute approximate surface area is 127 Å². The predicted octanol–water partition coefficient (Wildman–Crippen LogP) is 0.710. The Morgan fingerprint density at radius 1 is 0.429 bits per heavy atom. The van der Waals surface area contributed by atoms with Crippen LogP contribution in [0, 0.1) is 0 Å². The third-order valence-electron chi connectivity index (χ3n) is 2.33. The Morgan fingerprint density at radius 2 is 0.857 bits per heavy atom. The molecule has 0 N–H and O–H groups in total. The van der Waals surface area contributed by atoms with Gasteiger partial charge in [0.2, 0.25) is 0 Å². The van der Waals surface area contributed by atoms with Gasteiger partial charge >= 0.3 is 0 Å². The molecule has 7 heteroatoms. The first kappa shape index (κ1) is 20.7. The molecule has 21 heavy (non-hydrogen) atoms. The molecule has 0 aromatic rings. The van der Waals surface area contributed by atoms with Crippen LogP contribution in [-0.4, -0.2) is 87.1 Å². The summed E-state index contributed by atoms with van der Waals surface area (Å²) in [6.07, 6.45) is 0.857. The maximum absolute atomic E-state index is 5.38. The zero-order valence-corrected chi connectivity index (χ0v) is 13.3. The molecular formula is C14H30O7. The van der Waals surface area contributed by atoms with E-state index in [1.807, 2.05) is 0 Å². The van der Waals surface area contributed by atoms with Gasteiger partial charge in [-0.2, -0.15) is 0 Å². The van der Waals surface area contributed by atoms with Crippen molar-refractivity contribution in [2.45, 2.75) is 6.42 Å². The van der Waals surface area contributed by atoms with Crippen molar-refractivity contribution in [1.82, 2.24) is 0 Å². The van der Waals surface area contributed by atoms with E-state index in [1.165, 1.54) is 0 Å². The van der Waals surface area contributed by atoms with Gasteiger partial charge in [0.25, 0.3) is 0 Å². The van der Waals surface area contributed by atoms with Gasteiger partial charge in [0.1, 0.15) is 6.79 Å². The number of rotatable bonds is 18. The van der Waals surface area contributed by atoms with Crippen molar-refractivity contribution in [2.75, 3.05) is 87.1 Å². The van der Waals surface area contributed by atoms with Gasteiger partial charge in [-0.15, -0.1) is 0 Å². The fourth-order valence-corrected chi connectivity index (χ4v) is 1.31. The number of hydrogen-bond donors (Lipinski definition) is 0. The molecule has 0 aromatic carbocycles. The molecule has 128 valence electrons. The van der Waals surface area contributed by atoms with E-state index >= 15 is 0 Å². The van der Waals surface area contributed by atoms with E-state index < -0.39 is 0 Å². The summed E-state index contributed by atoms with van der Waals surface area (Å²) in [4.78, 5) is 0. The second-order valence-electron chi connectivity index (χ2n) is 4.11. The van der Waals surface area contributed by atoms with Crippen LogP contribution in [0.2, 0.25) is 0 Å². The van der Waals surface area contributed by atoms with Crippen LogP contribution in [0.1, 0.15) is 6.42 Å². The molecule has 0 rings (SSSR count). The largest absolute Gasteiger partial charge is 0.382 e. The molecule has 7 nitrogen and oxygen atoms in total. The molecular weight excluding hydrogens is 280 g/mol. The monoisotopic (exact) mass is 310 g/mol. The summed E-state index contributed by atoms with van der Waals surface area (Å²) in [6.45, 7) is 6.32. The zero-order valence-electron chi connectivity index (χ0n) is 13.3. The first-order chi connectivity index (χ1) is 10.4. The molecule has 0 aromatic heterocycles. The molecule has 0 aliphatic carbocycles. The quantitative estimate of drug-likeness (QED) is 0.273. The summed E-state index contributed by atoms with van der Waals surface area (Å²) in [5.41, 5.74) is 0. The first-order valence-corrected chi connectivity index (χ1v) is 7.28. The van der Waals surface area contributed by atoms with Crippen LogP contribution in [0.15, 0.2) is 0 Å². The topological polar surface area (TPSA) is 64.6 Å². The Morgan fingerprint density at radius 3 is 1.33 bits per heavy atom. The number of ether oxygens (including phenoxy) is 7. The summed E-state index contributed by atoms with van der Waals surface area (Å²) in [7, 11) is 3.25. The molecule has 0 amide bonds. The highest BCUT2D eigenvalue weighted by Crippen LogP contribution is 1.87. The highest BCUT2D eigenvalue weighted by atomic mass is 16.7. The summed E-state index contributed by atoms with van der Waals surface area (Å²) >= 11 is 0. The van der Waals surface area contributed by atoms with Crippen LogP contribution in [-0.2, 0) is 33.2 Å². The second-order valence-corrected chi connectivity index (χ2v) is 4.11. The average Bonchev–Trinajstić information content (AvgIpc) is 2.50. The second kappa shape index (κ2) is 19.7. The Bertz CT molecular complexity index is 163. The minimum atomic E-state index is 0.334. The van der Waals surface area contributed by atoms with Gasteiger partial charge in [-0.1, -0.05) is 0 Å². The van der Waals surface area contributed by atoms with Gasteiger partial charge in [0, 0.05) is 20.8 Å². The van der Waals surface area contributed by atoms with Crippen LogP contribution in [0.25, 0.3) is 0 Å². The van der Waals surface area contributed by atoms with E-state index in [4.69, 9.17) is 33.2 Å². The van der Waals surface area contributed by atoms with Gasteiger partial charge in [0.05, 0.1) is 59.5 Å². The van der Waals surface area contributed by atoms with Gasteiger partial charge < -0.3 is 33.2 Å². The minimum Gasteiger partial charge on any atom is -0.382 e. The van der Waals surface area contributed by atoms with Crippen LogP contribution in [0.5, 0.6) is 0 Å². The molecule has 0 aliphatic heterocycles. The van der Waals surface area contributed by atoms with Gasteiger partial charge in [-0.3, -0.25) is 0 Å². The van der Waals surface area contributed by atoms with Gasteiger partial charge in [-0.05, 0) is 6.42 Å². The highest BCUT2D eigenvalue weighted by Gasteiger charge is 1.93. The van der Waals surface area contributed by atoms with Crippen molar-refractivity contribution in [1.29, 1.82) is 0 Å². The molecule has 0 spiro atoms. The zero-order chi connectivity index (χ0) is 15.4. The lowest BCUT2D eigenvalue weighted by atomic mass is 10.5. The molecule has 0 aliphatic rings. The lowest BCUT2D eigenvalue weighted by Gasteiger charge is -2.07. The first-order valence-electron chi connectivity index (χ1n) is 7.28. The van der Waals surface area contributed by atoms with Crippen LogP contribution >= 0.6 is 0 Å². The normalized spacial score (nSPS) is 11.1. The van der Waals surface area contributed by atoms with Crippen molar-refractivity contribution in [3.05, 3.63) is 0 Å². The van der Waals surface area contributed by atoms with Crippen molar-refractivity contribution < 1.29 is 33.2 Å². The van der Waals surface area contributed by atoms with E-state index in [1.54, 1.807) is 14.2 Å². The maximum atomic E-state index is 5.38. The molecule has 0 saturated carbocycles. The van der Waals surface area contributed by atoms with E-state index in [-0.39, 0.29) is 0 Å². The number of hydrogen-bond acceptors (Lipinski definition) is 7. The van der Waals surface area contributed by atoms with E-state index in [2.05, 4.69) is 0 Å². The Balaban J connectivity index is 2.90. The molecule has 0 bridgehead atoms. The standard InChI is InChI=1S/C14H30O7/c1-15-6-7-18-10-11-20-13-12-19-9-8-17-4-3-5-21-14-16-2/h3-14H2,1-2H3. The summed E-state index contributed by atoms with van der Waals surface area (Å²) in [5.74, 6) is 0. The smallest absolute Gasteiger partial charge is 0.146 e. The Hall–Kier alpha value is -0.280. The van der Waals surface area contributed by atoms with E-state index in [0.717, 1.165) is 6.42 Å². The van der Waals surface area contributed by atoms with Gasteiger partial charge in [0.15, 0.2) is 0 Å². The maximum Gasteiger partial charge on any atom is 0.146 e. The number of methoxy groups -OCH3 is 2. The molecule has 0 saturated heterocycles. The summed E-state index contributed by atoms with van der Waals surface area (Å²) in [5, 5.41) is 0. The van der Waals surface area contributed by atoms with Crippen molar-refractivity contribution in [3.8, 4) is 0 Å². The minimum absolute atomic E-state index is 0.334. The molecule has 0 fully saturated rings. The van der Waals surface area contributed by atoms with Crippen LogP contribution < -0.4 is 0 Å². The fourth-order valence-electron chi connectivity index (χ4n) is 1.31.